The van der Waals surface area contributed by atoms with Crippen LogP contribution in [-0.4, -0.2) is 239 Å². The maximum atomic E-state index is 14.9. The zero-order chi connectivity index (χ0) is 89.0. The summed E-state index contributed by atoms with van der Waals surface area (Å²) in [6.45, 7) is 31.5. The number of carbonyl (C=O) groups excluding carboxylic acids is 4. The molecule has 4 aliphatic heterocycles. The maximum Gasteiger partial charge on any atom is 0.246 e. The van der Waals surface area contributed by atoms with Crippen LogP contribution in [0.25, 0.3) is 87.2 Å². The highest BCUT2D eigenvalue weighted by molar-refractivity contribution is 9.10. The number of aromatic nitrogens is 18. The Morgan fingerprint density at radius 1 is 0.375 bits per heavy atom. The topological polar surface area (TPSA) is 375 Å². The first-order valence-corrected chi connectivity index (χ1v) is 41.9. The molecule has 38 heteroatoms. The van der Waals surface area contributed by atoms with E-state index < -0.39 is 11.6 Å². The number of nitrogens with one attached hydrogen (secondary N) is 4. The number of H-pyrrole nitrogens is 4. The molecule has 128 heavy (non-hydrogen) atoms. The van der Waals surface area contributed by atoms with Crippen LogP contribution in [0.3, 0.4) is 0 Å². The second-order valence-corrected chi connectivity index (χ2v) is 31.6. The van der Waals surface area contributed by atoms with Crippen molar-refractivity contribution in [3.05, 3.63) is 229 Å². The van der Waals surface area contributed by atoms with Crippen LogP contribution in [0.1, 0.15) is 22.3 Å². The fourth-order valence-electron chi connectivity index (χ4n) is 15.9. The van der Waals surface area contributed by atoms with Crippen LogP contribution < -0.4 is 38.5 Å². The molecule has 6 aromatic carbocycles. The number of carbonyl (C=O) groups is 4. The Morgan fingerprint density at radius 3 is 1.10 bits per heavy atom. The number of benzene rings is 6. The third-order valence-corrected chi connectivity index (χ3v) is 23.3. The van der Waals surface area contributed by atoms with Gasteiger partial charge in [0.1, 0.15) is 93.4 Å². The Balaban J connectivity index is 0.000000120. The minimum atomic E-state index is -0.836. The van der Waals surface area contributed by atoms with Gasteiger partial charge in [-0.2, -0.15) is 20.4 Å². The monoisotopic (exact) mass is 1810 g/mol. The number of aryl methyl sites for hydroxylation is 3. The summed E-state index contributed by atoms with van der Waals surface area (Å²) in [5, 5.41) is 34.2. The molecular weight excluding hydrogens is 1730 g/mol. The standard InChI is InChI=1S/C23H21BrN6O2.C23H21ClN6O2.C22H19F2N7O2.C22H21N7O2/c2*1-3-20(31)29-6-8-30(9-7-29)23-16-10-15(24)11-19(21(16)25-13-26-23)32-22-14(2)4-5-18-17(22)12-27-28-18;1-3-15(32)30-6-8-31(9-7-30)21-13-4-5-25-22(19(13)26-11-27-21)33-20-14-10-28-29-18(14)16(23)12(2)17(20)24;1-3-18(30)28-8-10-29(11-9-28)21-15-6-7-23-22(19(15)24-13-25-21)31-20-14(2)4-5-17-16(20)12-26-27-17/h2*3-5,10-13H,1,6-9H2,2H3,(H,27,28);3-5,10-11H,1,6-9H2,2H3,(H,28,29);3-7,12-13H,1,8-11H2,2H3,(H,26,27). The molecule has 0 aliphatic carbocycles. The van der Waals surface area contributed by atoms with Crippen LogP contribution in [0, 0.1) is 39.3 Å². The second kappa shape index (κ2) is 36.9. The lowest BCUT2D eigenvalue weighted by Gasteiger charge is -2.35. The van der Waals surface area contributed by atoms with Gasteiger partial charge in [0.15, 0.2) is 28.9 Å². The summed E-state index contributed by atoms with van der Waals surface area (Å²) in [5.41, 5.74) is 7.91. The highest BCUT2D eigenvalue weighted by atomic mass is 79.9. The molecule has 14 heterocycles. The van der Waals surface area contributed by atoms with E-state index in [0.717, 1.165) is 98.8 Å². The fraction of sp³-hybridized carbons (Fsp3) is 0.222. The molecule has 648 valence electrons. The van der Waals surface area contributed by atoms with Gasteiger partial charge in [0.2, 0.25) is 35.4 Å². The molecule has 16 aromatic rings. The van der Waals surface area contributed by atoms with Crippen LogP contribution in [0.2, 0.25) is 5.02 Å². The van der Waals surface area contributed by atoms with Crippen molar-refractivity contribution < 1.29 is 46.9 Å². The van der Waals surface area contributed by atoms with Crippen molar-refractivity contribution in [3.63, 3.8) is 0 Å². The van der Waals surface area contributed by atoms with E-state index in [1.54, 1.807) is 62.8 Å². The summed E-state index contributed by atoms with van der Waals surface area (Å²) in [4.78, 5) is 108. The van der Waals surface area contributed by atoms with Crippen molar-refractivity contribution in [2.45, 2.75) is 27.7 Å². The lowest BCUT2D eigenvalue weighted by molar-refractivity contribution is -0.127. The maximum absolute atomic E-state index is 14.9. The molecule has 4 N–H and O–H groups in total. The van der Waals surface area contributed by atoms with E-state index in [1.807, 2.05) is 86.3 Å². The van der Waals surface area contributed by atoms with Gasteiger partial charge in [-0.1, -0.05) is 72.0 Å². The first-order chi connectivity index (χ1) is 62.2. The number of aromatic amines is 4. The van der Waals surface area contributed by atoms with Gasteiger partial charge in [0.05, 0.1) is 62.9 Å². The molecule has 0 atom stereocenters. The van der Waals surface area contributed by atoms with Gasteiger partial charge in [-0.25, -0.2) is 58.6 Å². The van der Waals surface area contributed by atoms with Gasteiger partial charge in [-0.3, -0.25) is 39.6 Å². The van der Waals surface area contributed by atoms with Crippen LogP contribution in [0.5, 0.6) is 46.3 Å². The van der Waals surface area contributed by atoms with Crippen molar-refractivity contribution in [3.8, 4) is 46.3 Å². The third kappa shape index (κ3) is 17.0. The molecule has 4 saturated heterocycles. The number of hydrogen-bond acceptors (Lipinski definition) is 26. The molecule has 4 amide bonds. The number of nitrogens with zero attached hydrogens (tertiary/aromatic N) is 22. The number of piperazine rings is 4. The highest BCUT2D eigenvalue weighted by Crippen LogP contribution is 2.44. The molecule has 0 bridgehead atoms. The molecular formula is C90H82BrClF2N26O8. The van der Waals surface area contributed by atoms with E-state index in [2.05, 4.69) is 148 Å². The summed E-state index contributed by atoms with van der Waals surface area (Å²) in [5.74, 6) is 4.86. The summed E-state index contributed by atoms with van der Waals surface area (Å²) in [7, 11) is 0. The number of ether oxygens (including phenoxy) is 4. The van der Waals surface area contributed by atoms with Crippen LogP contribution >= 0.6 is 27.5 Å². The predicted octanol–water partition coefficient (Wildman–Crippen LogP) is 14.2. The quantitative estimate of drug-likeness (QED) is 0.0653. The number of rotatable bonds is 16. The molecule has 4 aliphatic rings. The molecule has 0 radical (unpaired) electrons. The van der Waals surface area contributed by atoms with Gasteiger partial charge >= 0.3 is 0 Å². The first kappa shape index (κ1) is 84.9. The Hall–Kier alpha value is -15.3. The van der Waals surface area contributed by atoms with Crippen LogP contribution in [-0.2, 0) is 19.2 Å². The lowest BCUT2D eigenvalue weighted by atomic mass is 10.1. The number of hydrogen-bond donors (Lipinski definition) is 4. The summed E-state index contributed by atoms with van der Waals surface area (Å²) < 4.78 is 55.1. The zero-order valence-electron chi connectivity index (χ0n) is 69.8. The molecule has 0 unspecified atom stereocenters. The molecule has 34 nitrogen and oxygen atoms in total. The first-order valence-electron chi connectivity index (χ1n) is 40.8. The van der Waals surface area contributed by atoms with Crippen molar-refractivity contribution in [2.24, 2.45) is 0 Å². The van der Waals surface area contributed by atoms with E-state index in [4.69, 9.17) is 30.5 Å². The minimum absolute atomic E-state index is 0.0422. The molecule has 0 saturated carbocycles. The van der Waals surface area contributed by atoms with Crippen molar-refractivity contribution in [2.75, 3.05) is 124 Å². The SMILES string of the molecule is C=CC(=O)N1CCN(c2ncnc3c(Oc4c(C)ccc5[nH]ncc45)cc(Br)cc23)CC1.C=CC(=O)N1CCN(c2ncnc3c(Oc4c(C)ccc5[nH]ncc45)cc(Cl)cc23)CC1.C=CC(=O)N1CCN(c2ncnc3c(Oc4c(C)ccc5[nH]ncc45)nccc23)CC1.C=CC(=O)N1CCN(c2ncnc3c(Oc4c(F)c(C)c(F)c5[nH]ncc45)nccc23)CC1. The van der Waals surface area contributed by atoms with E-state index >= 15 is 0 Å². The van der Waals surface area contributed by atoms with Crippen molar-refractivity contribution in [1.82, 2.24) is 110 Å². The van der Waals surface area contributed by atoms with Gasteiger partial charge in [0, 0.05) is 160 Å². The summed E-state index contributed by atoms with van der Waals surface area (Å²) >= 11 is 10.1. The van der Waals surface area contributed by atoms with E-state index in [-0.39, 0.29) is 51.7 Å². The predicted molar refractivity (Wildman–Crippen MR) is 486 cm³/mol. The van der Waals surface area contributed by atoms with Gasteiger partial charge in [-0.05, 0) is 117 Å². The normalized spacial score (nSPS) is 14.2. The summed E-state index contributed by atoms with van der Waals surface area (Å²) in [6.07, 6.45) is 21.1. The van der Waals surface area contributed by atoms with Crippen molar-refractivity contribution in [1.29, 1.82) is 0 Å². The Labute approximate surface area is 742 Å². The second-order valence-electron chi connectivity index (χ2n) is 30.3. The lowest BCUT2D eigenvalue weighted by Crippen LogP contribution is -2.48. The van der Waals surface area contributed by atoms with Gasteiger partial charge < -0.3 is 58.1 Å². The smallest absolute Gasteiger partial charge is 0.246 e. The number of amides is 4. The van der Waals surface area contributed by atoms with Gasteiger partial charge in [-0.15, -0.1) is 0 Å². The van der Waals surface area contributed by atoms with E-state index in [9.17, 15) is 28.0 Å². The average Bonchev–Trinajstić information content (AvgIpc) is 1.49. The Kier molecular flexibility index (Phi) is 24.5. The molecule has 20 rings (SSSR count). The van der Waals surface area contributed by atoms with E-state index in [1.165, 1.54) is 62.6 Å². The largest absolute Gasteiger partial charge is 0.454 e. The fourth-order valence-corrected chi connectivity index (χ4v) is 16.5. The number of fused-ring (bicyclic) bond motifs is 8. The van der Waals surface area contributed by atoms with Crippen molar-refractivity contribution >= 4 is 162 Å². The Bertz CT molecular complexity index is 6830. The Morgan fingerprint density at radius 2 is 0.711 bits per heavy atom. The molecule has 4 fully saturated rings. The molecule has 10 aromatic heterocycles. The van der Waals surface area contributed by atoms with Crippen LogP contribution in [0.4, 0.5) is 32.1 Å². The van der Waals surface area contributed by atoms with E-state index in [0.29, 0.717) is 166 Å². The number of pyridine rings is 2. The highest BCUT2D eigenvalue weighted by Gasteiger charge is 2.31. The third-order valence-electron chi connectivity index (χ3n) is 22.7. The average molecular weight is 1810 g/mol. The van der Waals surface area contributed by atoms with Crippen LogP contribution in [0.15, 0.2) is 190 Å². The zero-order valence-corrected chi connectivity index (χ0v) is 72.1. The van der Waals surface area contributed by atoms with Gasteiger partial charge in [0.25, 0.3) is 0 Å². The molecule has 0 spiro atoms. The number of anilines is 4. The minimum Gasteiger partial charge on any atom is -0.454 e. The number of halogens is 4. The summed E-state index contributed by atoms with van der Waals surface area (Å²) in [6, 6.07) is 23.1.